The second-order valence-electron chi connectivity index (χ2n) is 4.45. The van der Waals surface area contributed by atoms with Crippen LogP contribution in [-0.2, 0) is 11.3 Å². The van der Waals surface area contributed by atoms with Crippen LogP contribution in [0.2, 0.25) is 0 Å². The zero-order chi connectivity index (χ0) is 12.7. The number of benzene rings is 1. The first-order valence-electron chi connectivity index (χ1n) is 6.09. The molecule has 0 spiro atoms. The second kappa shape index (κ2) is 7.30. The molecule has 0 aliphatic carbocycles. The van der Waals surface area contributed by atoms with Gasteiger partial charge in [-0.2, -0.15) is 0 Å². The summed E-state index contributed by atoms with van der Waals surface area (Å²) in [6.45, 7) is 8.58. The minimum Gasteiger partial charge on any atom is -0.491 e. The predicted octanol–water partition coefficient (Wildman–Crippen LogP) is 2.52. The molecule has 0 atom stereocenters. The highest BCUT2D eigenvalue weighted by Crippen LogP contribution is 2.21. The highest BCUT2D eigenvalue weighted by atomic mass is 16.5. The van der Waals surface area contributed by atoms with Gasteiger partial charge in [0.25, 0.3) is 0 Å². The quantitative estimate of drug-likeness (QED) is 0.739. The molecule has 0 fully saturated rings. The van der Waals surface area contributed by atoms with E-state index in [1.165, 1.54) is 11.1 Å². The molecule has 3 nitrogen and oxygen atoms in total. The highest BCUT2D eigenvalue weighted by molar-refractivity contribution is 5.37. The summed E-state index contributed by atoms with van der Waals surface area (Å²) in [6, 6.07) is 6.29. The number of ether oxygens (including phenoxy) is 2. The van der Waals surface area contributed by atoms with Gasteiger partial charge in [0.15, 0.2) is 0 Å². The lowest BCUT2D eigenvalue weighted by Crippen LogP contribution is -2.19. The molecule has 3 heteroatoms. The summed E-state index contributed by atoms with van der Waals surface area (Å²) in [5.41, 5.74) is 2.46. The Hall–Kier alpha value is -1.06. The Morgan fingerprint density at radius 1 is 1.29 bits per heavy atom. The van der Waals surface area contributed by atoms with E-state index >= 15 is 0 Å². The van der Waals surface area contributed by atoms with Crippen LogP contribution in [0.1, 0.15) is 25.0 Å². The zero-order valence-electron chi connectivity index (χ0n) is 11.2. The molecule has 1 rings (SSSR count). The van der Waals surface area contributed by atoms with Gasteiger partial charge in [-0.25, -0.2) is 0 Å². The normalized spacial score (nSPS) is 10.9. The van der Waals surface area contributed by atoms with Gasteiger partial charge in [-0.3, -0.25) is 0 Å². The molecule has 0 saturated heterocycles. The monoisotopic (exact) mass is 237 g/mol. The number of rotatable bonds is 7. The fraction of sp³-hybridized carbons (Fsp3) is 0.571. The van der Waals surface area contributed by atoms with Crippen LogP contribution in [0.25, 0.3) is 0 Å². The Labute approximate surface area is 104 Å². The van der Waals surface area contributed by atoms with Crippen molar-refractivity contribution in [1.29, 1.82) is 0 Å². The van der Waals surface area contributed by atoms with E-state index in [9.17, 15) is 0 Å². The molecule has 0 aliphatic rings. The van der Waals surface area contributed by atoms with E-state index in [1.54, 1.807) is 7.11 Å². The van der Waals surface area contributed by atoms with Crippen molar-refractivity contribution in [1.82, 2.24) is 5.32 Å². The number of aryl methyl sites for hydroxylation is 1. The highest BCUT2D eigenvalue weighted by Gasteiger charge is 2.05. The Morgan fingerprint density at radius 2 is 2.06 bits per heavy atom. The number of hydrogen-bond donors (Lipinski definition) is 1. The van der Waals surface area contributed by atoms with Gasteiger partial charge in [0.1, 0.15) is 5.75 Å². The van der Waals surface area contributed by atoms with Crippen molar-refractivity contribution in [3.05, 3.63) is 29.3 Å². The van der Waals surface area contributed by atoms with Crippen LogP contribution < -0.4 is 10.1 Å². The third-order valence-corrected chi connectivity index (χ3v) is 2.38. The maximum absolute atomic E-state index is 5.79. The van der Waals surface area contributed by atoms with Gasteiger partial charge < -0.3 is 14.8 Å². The molecule has 0 amide bonds. The van der Waals surface area contributed by atoms with E-state index in [-0.39, 0.29) is 6.10 Å². The lowest BCUT2D eigenvalue weighted by Gasteiger charge is -2.15. The maximum atomic E-state index is 5.79. The Morgan fingerprint density at radius 3 is 2.71 bits per heavy atom. The predicted molar refractivity (Wildman–Crippen MR) is 70.5 cm³/mol. The van der Waals surface area contributed by atoms with Crippen LogP contribution in [0, 0.1) is 6.92 Å². The summed E-state index contributed by atoms with van der Waals surface area (Å²) >= 11 is 0. The average Bonchev–Trinajstić information content (AvgIpc) is 2.27. The fourth-order valence-corrected chi connectivity index (χ4v) is 1.61. The van der Waals surface area contributed by atoms with Crippen molar-refractivity contribution in [3.8, 4) is 5.75 Å². The minimum absolute atomic E-state index is 0.204. The molecule has 1 N–H and O–H groups in total. The van der Waals surface area contributed by atoms with Crippen LogP contribution in [0.3, 0.4) is 0 Å². The van der Waals surface area contributed by atoms with Crippen molar-refractivity contribution >= 4 is 0 Å². The molecule has 0 radical (unpaired) electrons. The molecule has 1 aromatic carbocycles. The Balaban J connectivity index is 2.63. The van der Waals surface area contributed by atoms with Gasteiger partial charge in [0.05, 0.1) is 12.7 Å². The van der Waals surface area contributed by atoms with Gasteiger partial charge in [-0.05, 0) is 26.8 Å². The number of hydrogen-bond acceptors (Lipinski definition) is 3. The standard InChI is InChI=1S/C14H23NO2/c1-11(2)17-14-6-5-12(3)9-13(14)10-15-7-8-16-4/h5-6,9,11,15H,7-8,10H2,1-4H3. The van der Waals surface area contributed by atoms with E-state index < -0.39 is 0 Å². The van der Waals surface area contributed by atoms with Crippen molar-refractivity contribution < 1.29 is 9.47 Å². The van der Waals surface area contributed by atoms with E-state index in [4.69, 9.17) is 9.47 Å². The third-order valence-electron chi connectivity index (χ3n) is 2.38. The molecule has 0 aromatic heterocycles. The van der Waals surface area contributed by atoms with Crippen molar-refractivity contribution in [2.45, 2.75) is 33.4 Å². The van der Waals surface area contributed by atoms with Crippen LogP contribution in [-0.4, -0.2) is 26.4 Å². The van der Waals surface area contributed by atoms with Crippen LogP contribution in [0.5, 0.6) is 5.75 Å². The molecular formula is C14H23NO2. The Bertz CT molecular complexity index is 337. The van der Waals surface area contributed by atoms with Gasteiger partial charge >= 0.3 is 0 Å². The first-order chi connectivity index (χ1) is 8.13. The fourth-order valence-electron chi connectivity index (χ4n) is 1.61. The van der Waals surface area contributed by atoms with Crippen molar-refractivity contribution in [2.75, 3.05) is 20.3 Å². The molecule has 96 valence electrons. The van der Waals surface area contributed by atoms with Crippen molar-refractivity contribution in [2.24, 2.45) is 0 Å². The van der Waals surface area contributed by atoms with E-state index in [0.29, 0.717) is 0 Å². The molecule has 1 aromatic rings. The van der Waals surface area contributed by atoms with Gasteiger partial charge in [-0.1, -0.05) is 17.7 Å². The molecule has 17 heavy (non-hydrogen) atoms. The van der Waals surface area contributed by atoms with E-state index in [2.05, 4.69) is 24.4 Å². The summed E-state index contributed by atoms with van der Waals surface area (Å²) in [4.78, 5) is 0. The molecule has 0 bridgehead atoms. The summed E-state index contributed by atoms with van der Waals surface area (Å²) in [6.07, 6.45) is 0.204. The van der Waals surface area contributed by atoms with Crippen molar-refractivity contribution in [3.63, 3.8) is 0 Å². The van der Waals surface area contributed by atoms with E-state index in [0.717, 1.165) is 25.4 Å². The van der Waals surface area contributed by atoms with E-state index in [1.807, 2.05) is 19.9 Å². The Kier molecular flexibility index (Phi) is 6.01. The van der Waals surface area contributed by atoms with Gasteiger partial charge in [-0.15, -0.1) is 0 Å². The first-order valence-corrected chi connectivity index (χ1v) is 6.09. The molecule has 0 aliphatic heterocycles. The summed E-state index contributed by atoms with van der Waals surface area (Å²) in [7, 11) is 1.71. The van der Waals surface area contributed by atoms with Crippen LogP contribution in [0.15, 0.2) is 18.2 Å². The third kappa shape index (κ3) is 5.20. The summed E-state index contributed by atoms with van der Waals surface area (Å²) in [5, 5.41) is 3.34. The van der Waals surface area contributed by atoms with Crippen LogP contribution >= 0.6 is 0 Å². The molecule has 0 unspecified atom stereocenters. The molecule has 0 saturated carbocycles. The maximum Gasteiger partial charge on any atom is 0.124 e. The zero-order valence-corrected chi connectivity index (χ0v) is 11.2. The SMILES string of the molecule is COCCNCc1cc(C)ccc1OC(C)C. The lowest BCUT2D eigenvalue weighted by atomic mass is 10.1. The number of nitrogens with one attached hydrogen (secondary N) is 1. The number of methoxy groups -OCH3 is 1. The minimum atomic E-state index is 0.204. The van der Waals surface area contributed by atoms with Gasteiger partial charge in [0, 0.05) is 25.8 Å². The smallest absolute Gasteiger partial charge is 0.124 e. The first kappa shape index (κ1) is 14.0. The van der Waals surface area contributed by atoms with Gasteiger partial charge in [0.2, 0.25) is 0 Å². The van der Waals surface area contributed by atoms with Crippen LogP contribution in [0.4, 0.5) is 0 Å². The topological polar surface area (TPSA) is 30.5 Å². The second-order valence-corrected chi connectivity index (χ2v) is 4.45. The summed E-state index contributed by atoms with van der Waals surface area (Å²) < 4.78 is 10.8. The molecular weight excluding hydrogens is 214 g/mol. The lowest BCUT2D eigenvalue weighted by molar-refractivity contribution is 0.198. The average molecular weight is 237 g/mol. The summed E-state index contributed by atoms with van der Waals surface area (Å²) in [5.74, 6) is 0.968. The molecule has 0 heterocycles. The largest absolute Gasteiger partial charge is 0.491 e.